The van der Waals surface area contributed by atoms with Crippen LogP contribution in [0.1, 0.15) is 26.7 Å². The number of rotatable bonds is 7. The first-order valence-corrected chi connectivity index (χ1v) is 9.22. The molecule has 1 atom stereocenters. The minimum Gasteiger partial charge on any atom is -0.492 e. The number of carbonyl (C=O) groups is 2. The lowest BCUT2D eigenvalue weighted by Gasteiger charge is -2.33. The number of fused-ring (bicyclic) bond motifs is 1. The summed E-state index contributed by atoms with van der Waals surface area (Å²) in [5.74, 6) is 1.02. The van der Waals surface area contributed by atoms with E-state index in [1.54, 1.807) is 11.0 Å². The first-order chi connectivity index (χ1) is 13.1. The SMILES string of the molecule is CCOc1ccccc1NC(=O)CCN1C(=O)C(CC)Oc2ccccc21. The molecule has 1 unspecified atom stereocenters. The van der Waals surface area contributed by atoms with Crippen molar-refractivity contribution < 1.29 is 19.1 Å². The Morgan fingerprint density at radius 2 is 1.89 bits per heavy atom. The molecule has 1 heterocycles. The zero-order valence-corrected chi connectivity index (χ0v) is 15.6. The first kappa shape index (κ1) is 18.8. The van der Waals surface area contributed by atoms with E-state index in [-0.39, 0.29) is 18.2 Å². The summed E-state index contributed by atoms with van der Waals surface area (Å²) >= 11 is 0. The Bertz CT molecular complexity index is 821. The van der Waals surface area contributed by atoms with Gasteiger partial charge in [0.05, 0.1) is 18.0 Å². The van der Waals surface area contributed by atoms with Crippen molar-refractivity contribution in [1.82, 2.24) is 0 Å². The van der Waals surface area contributed by atoms with Crippen LogP contribution in [0, 0.1) is 0 Å². The lowest BCUT2D eigenvalue weighted by Crippen LogP contribution is -2.46. The van der Waals surface area contributed by atoms with E-state index < -0.39 is 6.10 Å². The quantitative estimate of drug-likeness (QED) is 0.811. The van der Waals surface area contributed by atoms with Gasteiger partial charge in [-0.05, 0) is 37.6 Å². The average molecular weight is 368 g/mol. The number of benzene rings is 2. The summed E-state index contributed by atoms with van der Waals surface area (Å²) in [6.07, 6.45) is 0.246. The van der Waals surface area contributed by atoms with Crippen LogP contribution >= 0.6 is 0 Å². The summed E-state index contributed by atoms with van der Waals surface area (Å²) in [6.45, 7) is 4.61. The third-order valence-corrected chi connectivity index (χ3v) is 4.36. The van der Waals surface area contributed by atoms with E-state index in [1.165, 1.54) is 0 Å². The van der Waals surface area contributed by atoms with Crippen molar-refractivity contribution in [1.29, 1.82) is 0 Å². The molecule has 27 heavy (non-hydrogen) atoms. The number of amides is 2. The fourth-order valence-corrected chi connectivity index (χ4v) is 3.04. The van der Waals surface area contributed by atoms with Crippen LogP contribution in [-0.2, 0) is 9.59 Å². The molecule has 2 aromatic carbocycles. The molecule has 3 rings (SSSR count). The maximum Gasteiger partial charge on any atom is 0.268 e. The highest BCUT2D eigenvalue weighted by molar-refractivity contribution is 6.01. The summed E-state index contributed by atoms with van der Waals surface area (Å²) in [6, 6.07) is 14.7. The molecule has 2 aromatic rings. The molecule has 1 N–H and O–H groups in total. The summed E-state index contributed by atoms with van der Waals surface area (Å²) in [4.78, 5) is 26.8. The number of hydrogen-bond acceptors (Lipinski definition) is 4. The Balaban J connectivity index is 1.69. The van der Waals surface area contributed by atoms with E-state index in [2.05, 4.69) is 5.32 Å². The van der Waals surface area contributed by atoms with Crippen LogP contribution in [0.2, 0.25) is 0 Å². The monoisotopic (exact) mass is 368 g/mol. The molecule has 0 aromatic heterocycles. The third kappa shape index (κ3) is 4.22. The molecule has 6 nitrogen and oxygen atoms in total. The summed E-state index contributed by atoms with van der Waals surface area (Å²) in [7, 11) is 0. The average Bonchev–Trinajstić information content (AvgIpc) is 2.68. The fourth-order valence-electron chi connectivity index (χ4n) is 3.04. The van der Waals surface area contributed by atoms with Crippen molar-refractivity contribution in [3.8, 4) is 11.5 Å². The van der Waals surface area contributed by atoms with E-state index in [1.807, 2.05) is 56.3 Å². The Kier molecular flexibility index (Phi) is 5.96. The van der Waals surface area contributed by atoms with Gasteiger partial charge in [-0.3, -0.25) is 9.59 Å². The molecule has 0 saturated heterocycles. The van der Waals surface area contributed by atoms with Gasteiger partial charge < -0.3 is 19.7 Å². The molecule has 6 heteroatoms. The van der Waals surface area contributed by atoms with Gasteiger partial charge in [0.15, 0.2) is 6.10 Å². The lowest BCUT2D eigenvalue weighted by molar-refractivity contribution is -0.126. The summed E-state index contributed by atoms with van der Waals surface area (Å²) in [5.41, 5.74) is 1.33. The van der Waals surface area contributed by atoms with E-state index in [0.717, 1.165) is 0 Å². The van der Waals surface area contributed by atoms with Crippen molar-refractivity contribution in [2.24, 2.45) is 0 Å². The maximum atomic E-state index is 12.7. The molecule has 0 bridgehead atoms. The minimum absolute atomic E-state index is 0.112. The van der Waals surface area contributed by atoms with Crippen molar-refractivity contribution >= 4 is 23.2 Å². The number of hydrogen-bond donors (Lipinski definition) is 1. The van der Waals surface area contributed by atoms with Crippen LogP contribution < -0.4 is 19.7 Å². The van der Waals surface area contributed by atoms with Gasteiger partial charge in [0, 0.05) is 13.0 Å². The smallest absolute Gasteiger partial charge is 0.268 e. The maximum absolute atomic E-state index is 12.7. The highest BCUT2D eigenvalue weighted by Gasteiger charge is 2.33. The van der Waals surface area contributed by atoms with Crippen molar-refractivity contribution in [2.45, 2.75) is 32.8 Å². The topological polar surface area (TPSA) is 67.9 Å². The van der Waals surface area contributed by atoms with E-state index in [9.17, 15) is 9.59 Å². The van der Waals surface area contributed by atoms with Crippen LogP contribution in [0.3, 0.4) is 0 Å². The van der Waals surface area contributed by atoms with Crippen LogP contribution in [0.15, 0.2) is 48.5 Å². The van der Waals surface area contributed by atoms with Gasteiger partial charge in [0.2, 0.25) is 5.91 Å². The molecule has 0 aliphatic carbocycles. The number of nitrogens with one attached hydrogen (secondary N) is 1. The normalized spacial score (nSPS) is 15.7. The van der Waals surface area contributed by atoms with E-state index in [4.69, 9.17) is 9.47 Å². The van der Waals surface area contributed by atoms with Gasteiger partial charge in [-0.2, -0.15) is 0 Å². The number of carbonyl (C=O) groups excluding carboxylic acids is 2. The second-order valence-corrected chi connectivity index (χ2v) is 6.20. The molecular weight excluding hydrogens is 344 g/mol. The molecule has 142 valence electrons. The van der Waals surface area contributed by atoms with Gasteiger partial charge in [-0.1, -0.05) is 31.2 Å². The molecule has 0 fully saturated rings. The van der Waals surface area contributed by atoms with Gasteiger partial charge in [0.1, 0.15) is 11.5 Å². The van der Waals surface area contributed by atoms with E-state index in [0.29, 0.717) is 42.4 Å². The first-order valence-electron chi connectivity index (χ1n) is 9.22. The Hall–Kier alpha value is -3.02. The van der Waals surface area contributed by atoms with Gasteiger partial charge in [-0.25, -0.2) is 0 Å². The minimum atomic E-state index is -0.512. The second-order valence-electron chi connectivity index (χ2n) is 6.20. The highest BCUT2D eigenvalue weighted by atomic mass is 16.5. The van der Waals surface area contributed by atoms with Gasteiger partial charge in [-0.15, -0.1) is 0 Å². The Morgan fingerprint density at radius 1 is 1.15 bits per heavy atom. The molecule has 0 saturated carbocycles. The second kappa shape index (κ2) is 8.58. The molecule has 1 aliphatic rings. The van der Waals surface area contributed by atoms with Crippen LogP contribution in [0.25, 0.3) is 0 Å². The van der Waals surface area contributed by atoms with Crippen molar-refractivity contribution in [2.75, 3.05) is 23.4 Å². The Labute approximate surface area is 159 Å². The number of ether oxygens (including phenoxy) is 2. The zero-order valence-electron chi connectivity index (χ0n) is 15.6. The van der Waals surface area contributed by atoms with Crippen LogP contribution in [-0.4, -0.2) is 31.1 Å². The zero-order chi connectivity index (χ0) is 19.2. The van der Waals surface area contributed by atoms with Gasteiger partial charge in [0.25, 0.3) is 5.91 Å². The molecule has 2 amide bonds. The largest absolute Gasteiger partial charge is 0.492 e. The predicted octanol–water partition coefficient (Wildman–Crippen LogP) is 3.62. The number of para-hydroxylation sites is 4. The molecule has 1 aliphatic heterocycles. The summed E-state index contributed by atoms with van der Waals surface area (Å²) < 4.78 is 11.3. The Morgan fingerprint density at radius 3 is 2.67 bits per heavy atom. The highest BCUT2D eigenvalue weighted by Crippen LogP contribution is 2.34. The van der Waals surface area contributed by atoms with Gasteiger partial charge >= 0.3 is 0 Å². The summed E-state index contributed by atoms with van der Waals surface area (Å²) in [5, 5.41) is 2.87. The molecule has 0 radical (unpaired) electrons. The van der Waals surface area contributed by atoms with E-state index >= 15 is 0 Å². The number of nitrogens with zero attached hydrogens (tertiary/aromatic N) is 1. The third-order valence-electron chi connectivity index (χ3n) is 4.36. The van der Waals surface area contributed by atoms with Crippen LogP contribution in [0.4, 0.5) is 11.4 Å². The fraction of sp³-hybridized carbons (Fsp3) is 0.333. The molecule has 0 spiro atoms. The van der Waals surface area contributed by atoms with Crippen molar-refractivity contribution in [3.05, 3.63) is 48.5 Å². The standard InChI is InChI=1S/C21H24N2O4/c1-3-17-21(25)23(16-10-6-8-12-19(16)27-17)14-13-20(24)22-15-9-5-7-11-18(15)26-4-2/h5-12,17H,3-4,13-14H2,1-2H3,(H,22,24). The molecular formula is C21H24N2O4. The number of anilines is 2. The van der Waals surface area contributed by atoms with Crippen molar-refractivity contribution in [3.63, 3.8) is 0 Å². The lowest BCUT2D eigenvalue weighted by atomic mass is 10.1. The predicted molar refractivity (Wildman–Crippen MR) is 104 cm³/mol. The van der Waals surface area contributed by atoms with Crippen LogP contribution in [0.5, 0.6) is 11.5 Å².